The van der Waals surface area contributed by atoms with Crippen molar-refractivity contribution in [1.29, 1.82) is 5.26 Å². The van der Waals surface area contributed by atoms with Gasteiger partial charge in [0.05, 0.1) is 33.8 Å². The number of nitrogens with zero attached hydrogens (tertiary/aromatic N) is 5. The highest BCUT2D eigenvalue weighted by Crippen LogP contribution is 2.32. The maximum atomic E-state index is 13.6. The summed E-state index contributed by atoms with van der Waals surface area (Å²) in [5.41, 5.74) is 8.18. The van der Waals surface area contributed by atoms with Crippen molar-refractivity contribution < 1.29 is 8.42 Å². The molecule has 0 amide bonds. The lowest BCUT2D eigenvalue weighted by atomic mass is 10.0. The highest BCUT2D eigenvalue weighted by Gasteiger charge is 2.31. The molecule has 33 heavy (non-hydrogen) atoms. The molecule has 2 aromatic carbocycles. The van der Waals surface area contributed by atoms with Crippen LogP contribution in [0.3, 0.4) is 0 Å². The van der Waals surface area contributed by atoms with E-state index in [-0.39, 0.29) is 23.4 Å². The number of anilines is 3. The van der Waals surface area contributed by atoms with Gasteiger partial charge in [-0.2, -0.15) is 20.3 Å². The molecule has 0 bridgehead atoms. The summed E-state index contributed by atoms with van der Waals surface area (Å²) in [4.78, 5) is 8.55. The molecule has 0 saturated heterocycles. The first-order chi connectivity index (χ1) is 16.0. The Bertz CT molecular complexity index is 1490. The number of sulfonamides is 1. The first-order valence-electron chi connectivity index (χ1n) is 10.3. The normalized spacial score (nSPS) is 16.1. The van der Waals surface area contributed by atoms with Crippen LogP contribution in [0.2, 0.25) is 0 Å². The Morgan fingerprint density at radius 2 is 2.03 bits per heavy atom. The third-order valence-electron chi connectivity index (χ3n) is 5.63. The number of hydrogen-bond donors (Lipinski definition) is 3. The molecule has 5 rings (SSSR count). The van der Waals surface area contributed by atoms with E-state index in [4.69, 9.17) is 5.73 Å². The number of nitrogens with one attached hydrogen (secondary N) is 2. The lowest BCUT2D eigenvalue weighted by Crippen LogP contribution is -2.33. The second-order valence-corrected chi connectivity index (χ2v) is 9.60. The maximum absolute atomic E-state index is 13.6. The van der Waals surface area contributed by atoms with Gasteiger partial charge in [-0.3, -0.25) is 9.40 Å². The number of H-pyrrole nitrogens is 1. The molecule has 0 radical (unpaired) electrons. The van der Waals surface area contributed by atoms with E-state index in [0.717, 1.165) is 5.56 Å². The average Bonchev–Trinajstić information content (AvgIpc) is 3.20. The quantitative estimate of drug-likeness (QED) is 0.420. The molecule has 1 atom stereocenters. The summed E-state index contributed by atoms with van der Waals surface area (Å²) in [6, 6.07) is 15.4. The zero-order chi connectivity index (χ0) is 23.0. The van der Waals surface area contributed by atoms with Gasteiger partial charge < -0.3 is 11.1 Å². The number of hydrogen-bond acceptors (Lipinski definition) is 8. The van der Waals surface area contributed by atoms with Crippen LogP contribution in [0.15, 0.2) is 59.6 Å². The molecule has 3 heterocycles. The monoisotopic (exact) mass is 460 g/mol. The van der Waals surface area contributed by atoms with Crippen molar-refractivity contribution in [3.8, 4) is 6.07 Å². The van der Waals surface area contributed by atoms with Crippen molar-refractivity contribution in [3.63, 3.8) is 0 Å². The summed E-state index contributed by atoms with van der Waals surface area (Å²) in [5.74, 6) is 0.664. The second kappa shape index (κ2) is 8.07. The van der Waals surface area contributed by atoms with E-state index in [1.807, 2.05) is 24.3 Å². The van der Waals surface area contributed by atoms with E-state index in [1.165, 1.54) is 16.4 Å². The van der Waals surface area contributed by atoms with E-state index >= 15 is 0 Å². The van der Waals surface area contributed by atoms with Crippen LogP contribution in [0.25, 0.3) is 11.0 Å². The van der Waals surface area contributed by atoms with Crippen LogP contribution >= 0.6 is 0 Å². The smallest absolute Gasteiger partial charge is 0.264 e. The van der Waals surface area contributed by atoms with Gasteiger partial charge in [0, 0.05) is 12.6 Å². The van der Waals surface area contributed by atoms with Crippen molar-refractivity contribution >= 4 is 38.5 Å². The minimum absolute atomic E-state index is 0.0893. The van der Waals surface area contributed by atoms with Gasteiger partial charge in [-0.05, 0) is 42.7 Å². The van der Waals surface area contributed by atoms with Gasteiger partial charge in [0.1, 0.15) is 5.82 Å². The predicted octanol–water partition coefficient (Wildman–Crippen LogP) is 2.43. The van der Waals surface area contributed by atoms with Crippen LogP contribution < -0.4 is 15.4 Å². The summed E-state index contributed by atoms with van der Waals surface area (Å²) in [7, 11) is -3.87. The van der Waals surface area contributed by atoms with Gasteiger partial charge in [-0.15, -0.1) is 0 Å². The maximum Gasteiger partial charge on any atom is 0.264 e. The molecule has 0 fully saturated rings. The zero-order valence-electron chi connectivity index (χ0n) is 17.4. The number of para-hydroxylation sites is 1. The largest absolute Gasteiger partial charge is 0.368 e. The van der Waals surface area contributed by atoms with E-state index in [0.29, 0.717) is 40.9 Å². The standard InChI is InChI=1S/C22H20N8O2S/c23-12-14-4-3-6-17(10-14)33(31,32)30-9-8-16(11-15-5-1-2-7-19(15)30)26-20-18-13-25-29-21(18)28-22(24)27-20/h1-7,10,13,16H,8-9,11H2,(H4,24,25,26,27,28,29). The van der Waals surface area contributed by atoms with E-state index in [9.17, 15) is 13.7 Å². The summed E-state index contributed by atoms with van der Waals surface area (Å²) < 4.78 is 28.6. The topological polar surface area (TPSA) is 154 Å². The van der Waals surface area contributed by atoms with Gasteiger partial charge in [0.15, 0.2) is 5.65 Å². The van der Waals surface area contributed by atoms with Gasteiger partial charge in [-0.25, -0.2) is 8.42 Å². The van der Waals surface area contributed by atoms with Crippen molar-refractivity contribution in [2.75, 3.05) is 21.9 Å². The van der Waals surface area contributed by atoms with Crippen molar-refractivity contribution in [2.45, 2.75) is 23.8 Å². The number of fused-ring (bicyclic) bond motifs is 2. The van der Waals surface area contributed by atoms with Crippen LogP contribution in [-0.4, -0.2) is 41.2 Å². The number of rotatable bonds is 4. The van der Waals surface area contributed by atoms with Crippen LogP contribution in [0, 0.1) is 11.3 Å². The summed E-state index contributed by atoms with van der Waals surface area (Å²) in [5, 5.41) is 20.1. The molecule has 166 valence electrons. The second-order valence-electron chi connectivity index (χ2n) is 7.74. The number of aromatic amines is 1. The summed E-state index contributed by atoms with van der Waals surface area (Å²) in [6.07, 6.45) is 2.74. The van der Waals surface area contributed by atoms with Gasteiger partial charge >= 0.3 is 0 Å². The molecule has 4 N–H and O–H groups in total. The number of nitriles is 1. The highest BCUT2D eigenvalue weighted by atomic mass is 32.2. The van der Waals surface area contributed by atoms with Gasteiger partial charge in [-0.1, -0.05) is 24.3 Å². The Balaban J connectivity index is 1.50. The van der Waals surface area contributed by atoms with Gasteiger partial charge in [0.2, 0.25) is 5.95 Å². The molecule has 1 unspecified atom stereocenters. The zero-order valence-corrected chi connectivity index (χ0v) is 18.2. The molecule has 0 aliphatic carbocycles. The minimum atomic E-state index is -3.87. The Labute approximate surface area is 190 Å². The lowest BCUT2D eigenvalue weighted by Gasteiger charge is -2.24. The van der Waals surface area contributed by atoms with Crippen molar-refractivity contribution in [2.24, 2.45) is 0 Å². The third kappa shape index (κ3) is 3.81. The molecule has 1 aliphatic heterocycles. The van der Waals surface area contributed by atoms with Crippen molar-refractivity contribution in [1.82, 2.24) is 20.2 Å². The summed E-state index contributed by atoms with van der Waals surface area (Å²) in [6.45, 7) is 0.253. The molecule has 11 heteroatoms. The van der Waals surface area contributed by atoms with Crippen LogP contribution in [0.4, 0.5) is 17.5 Å². The van der Waals surface area contributed by atoms with Crippen LogP contribution in [-0.2, 0) is 16.4 Å². The number of nitrogens with two attached hydrogens (primary N) is 1. The summed E-state index contributed by atoms with van der Waals surface area (Å²) >= 11 is 0. The molecular formula is C22H20N8O2S. The highest BCUT2D eigenvalue weighted by molar-refractivity contribution is 7.92. The van der Waals surface area contributed by atoms with Crippen LogP contribution in [0.1, 0.15) is 17.5 Å². The lowest BCUT2D eigenvalue weighted by molar-refractivity contribution is 0.587. The Morgan fingerprint density at radius 3 is 2.88 bits per heavy atom. The average molecular weight is 461 g/mol. The van der Waals surface area contributed by atoms with E-state index in [1.54, 1.807) is 24.4 Å². The van der Waals surface area contributed by atoms with E-state index in [2.05, 4.69) is 25.5 Å². The fraction of sp³-hybridized carbons (Fsp3) is 0.182. The molecule has 0 spiro atoms. The van der Waals surface area contributed by atoms with E-state index < -0.39 is 10.0 Å². The van der Waals surface area contributed by atoms with Gasteiger partial charge in [0.25, 0.3) is 10.0 Å². The SMILES string of the molecule is N#Cc1cccc(S(=O)(=O)N2CCC(Nc3nc(N)nc4[nH]ncc34)Cc3ccccc32)c1. The molecule has 4 aromatic rings. The minimum Gasteiger partial charge on any atom is -0.368 e. The molecule has 10 nitrogen and oxygen atoms in total. The Hall–Kier alpha value is -4.17. The molecule has 2 aromatic heterocycles. The number of benzene rings is 2. The third-order valence-corrected chi connectivity index (χ3v) is 7.44. The first kappa shape index (κ1) is 20.7. The number of aromatic nitrogens is 4. The molecule has 1 aliphatic rings. The fourth-order valence-electron chi connectivity index (χ4n) is 4.07. The fourth-order valence-corrected chi connectivity index (χ4v) is 5.63. The van der Waals surface area contributed by atoms with Crippen LogP contribution in [0.5, 0.6) is 0 Å². The Kier molecular flexibility index (Phi) is 5.07. The van der Waals surface area contributed by atoms with Crippen molar-refractivity contribution in [3.05, 3.63) is 65.9 Å². The number of nitrogen functional groups attached to an aromatic ring is 1. The Morgan fingerprint density at radius 1 is 1.18 bits per heavy atom. The molecular weight excluding hydrogens is 440 g/mol. The predicted molar refractivity (Wildman–Crippen MR) is 124 cm³/mol. The molecule has 0 saturated carbocycles. The first-order valence-corrected chi connectivity index (χ1v) is 11.7.